The van der Waals surface area contributed by atoms with Gasteiger partial charge in [0.1, 0.15) is 0 Å². The second-order valence-electron chi connectivity index (χ2n) is 6.20. The van der Waals surface area contributed by atoms with Gasteiger partial charge in [-0.1, -0.05) is 58.0 Å². The van der Waals surface area contributed by atoms with Crippen LogP contribution >= 0.6 is 11.8 Å². The van der Waals surface area contributed by atoms with Gasteiger partial charge in [0, 0.05) is 42.2 Å². The van der Waals surface area contributed by atoms with E-state index in [0.29, 0.717) is 12.1 Å². The fourth-order valence-electron chi connectivity index (χ4n) is 2.95. The molecule has 1 saturated heterocycles. The highest BCUT2D eigenvalue weighted by atomic mass is 32.2. The first kappa shape index (κ1) is 15.9. The van der Waals surface area contributed by atoms with E-state index in [9.17, 15) is 0 Å². The normalized spacial score (nSPS) is 25.9. The van der Waals surface area contributed by atoms with E-state index in [2.05, 4.69) is 80.0 Å². The first-order valence-corrected chi connectivity index (χ1v) is 8.68. The Morgan fingerprint density at radius 1 is 1.15 bits per heavy atom. The van der Waals surface area contributed by atoms with Crippen molar-refractivity contribution in [2.45, 2.75) is 50.3 Å². The van der Waals surface area contributed by atoms with Crippen LogP contribution in [0, 0.1) is 0 Å². The molecule has 0 aliphatic carbocycles. The second kappa shape index (κ2) is 7.48. The number of thioether (sulfide) groups is 1. The zero-order chi connectivity index (χ0) is 14.5. The van der Waals surface area contributed by atoms with E-state index < -0.39 is 0 Å². The number of hydrogen-bond donors (Lipinski definition) is 1. The molecule has 0 radical (unpaired) electrons. The highest BCUT2D eigenvalue weighted by molar-refractivity contribution is 8.00. The third-order valence-corrected chi connectivity index (χ3v) is 5.02. The summed E-state index contributed by atoms with van der Waals surface area (Å²) in [5.41, 5.74) is 1.44. The second-order valence-corrected chi connectivity index (χ2v) is 8.08. The predicted molar refractivity (Wildman–Crippen MR) is 90.4 cm³/mol. The van der Waals surface area contributed by atoms with Crippen LogP contribution in [0.25, 0.3) is 0 Å². The number of nitrogens with zero attached hydrogens (tertiary/aromatic N) is 1. The molecule has 0 aromatic heterocycles. The molecular formula is C17H28N2S. The summed E-state index contributed by atoms with van der Waals surface area (Å²) in [4.78, 5) is 2.66. The molecular weight excluding hydrogens is 264 g/mol. The van der Waals surface area contributed by atoms with Crippen LogP contribution in [0.1, 0.15) is 39.3 Å². The fraction of sp³-hybridized carbons (Fsp3) is 0.647. The summed E-state index contributed by atoms with van der Waals surface area (Å²) in [7, 11) is 0. The quantitative estimate of drug-likeness (QED) is 0.893. The van der Waals surface area contributed by atoms with Gasteiger partial charge in [-0.05, 0) is 5.56 Å². The van der Waals surface area contributed by atoms with Crippen molar-refractivity contribution in [2.75, 3.05) is 19.6 Å². The summed E-state index contributed by atoms with van der Waals surface area (Å²) in [5, 5.41) is 5.07. The van der Waals surface area contributed by atoms with Crippen molar-refractivity contribution in [3.05, 3.63) is 35.9 Å². The summed E-state index contributed by atoms with van der Waals surface area (Å²) in [5.74, 6) is 0. The van der Waals surface area contributed by atoms with E-state index in [0.717, 1.165) is 17.0 Å². The lowest BCUT2D eigenvalue weighted by molar-refractivity contribution is 0.188. The molecule has 0 bridgehead atoms. The number of nitrogens with one attached hydrogen (secondary N) is 1. The molecule has 1 aliphatic rings. The maximum atomic E-state index is 3.62. The molecule has 1 aliphatic heterocycles. The zero-order valence-electron chi connectivity index (χ0n) is 13.2. The van der Waals surface area contributed by atoms with Gasteiger partial charge in [0.15, 0.2) is 0 Å². The van der Waals surface area contributed by atoms with Crippen LogP contribution in [0.4, 0.5) is 0 Å². The maximum Gasteiger partial charge on any atom is 0.0473 e. The Morgan fingerprint density at radius 3 is 2.30 bits per heavy atom. The van der Waals surface area contributed by atoms with Crippen molar-refractivity contribution in [3.63, 3.8) is 0 Å². The van der Waals surface area contributed by atoms with Gasteiger partial charge >= 0.3 is 0 Å². The summed E-state index contributed by atoms with van der Waals surface area (Å²) in [6, 6.07) is 12.0. The Balaban J connectivity index is 2.13. The van der Waals surface area contributed by atoms with Crippen LogP contribution in [0.15, 0.2) is 30.3 Å². The molecule has 112 valence electrons. The number of hydrogen-bond acceptors (Lipinski definition) is 3. The van der Waals surface area contributed by atoms with E-state index in [1.807, 2.05) is 0 Å². The Labute approximate surface area is 128 Å². The standard InChI is InChI=1S/C17H28N2S/c1-13(2)18-10-17(16-8-6-5-7-9-16)19-11-14(3)20-15(4)12-19/h5-9,13-15,17-18H,10-12H2,1-4H3. The van der Waals surface area contributed by atoms with Crippen molar-refractivity contribution >= 4 is 11.8 Å². The van der Waals surface area contributed by atoms with Gasteiger partial charge < -0.3 is 5.32 Å². The van der Waals surface area contributed by atoms with Crippen molar-refractivity contribution in [1.82, 2.24) is 10.2 Å². The molecule has 20 heavy (non-hydrogen) atoms. The smallest absolute Gasteiger partial charge is 0.0473 e. The van der Waals surface area contributed by atoms with Crippen LogP contribution in [0.2, 0.25) is 0 Å². The molecule has 2 nitrogen and oxygen atoms in total. The molecule has 1 fully saturated rings. The molecule has 0 saturated carbocycles. The number of benzene rings is 1. The van der Waals surface area contributed by atoms with Crippen molar-refractivity contribution in [3.8, 4) is 0 Å². The van der Waals surface area contributed by atoms with Crippen LogP contribution in [0.3, 0.4) is 0 Å². The lowest BCUT2D eigenvalue weighted by Gasteiger charge is -2.40. The third-order valence-electron chi connectivity index (χ3n) is 3.79. The highest BCUT2D eigenvalue weighted by Gasteiger charge is 2.28. The first-order chi connectivity index (χ1) is 9.56. The first-order valence-electron chi connectivity index (χ1n) is 7.74. The summed E-state index contributed by atoms with van der Waals surface area (Å²) < 4.78 is 0. The molecule has 3 atom stereocenters. The topological polar surface area (TPSA) is 15.3 Å². The predicted octanol–water partition coefficient (Wildman–Crippen LogP) is 3.55. The molecule has 1 heterocycles. The summed E-state index contributed by atoms with van der Waals surface area (Å²) in [6.07, 6.45) is 0. The van der Waals surface area contributed by atoms with Crippen LogP contribution in [0.5, 0.6) is 0 Å². The van der Waals surface area contributed by atoms with Gasteiger partial charge in [-0.15, -0.1) is 0 Å². The van der Waals surface area contributed by atoms with E-state index in [1.54, 1.807) is 0 Å². The molecule has 0 amide bonds. The van der Waals surface area contributed by atoms with Gasteiger partial charge in [0.05, 0.1) is 0 Å². The van der Waals surface area contributed by atoms with Crippen molar-refractivity contribution < 1.29 is 0 Å². The average molecular weight is 292 g/mol. The largest absolute Gasteiger partial charge is 0.313 e. The molecule has 2 rings (SSSR count). The van der Waals surface area contributed by atoms with Gasteiger partial charge in [-0.2, -0.15) is 11.8 Å². The molecule has 1 aromatic rings. The fourth-order valence-corrected chi connectivity index (χ4v) is 4.30. The Morgan fingerprint density at radius 2 is 1.75 bits per heavy atom. The van der Waals surface area contributed by atoms with Crippen molar-refractivity contribution in [2.24, 2.45) is 0 Å². The van der Waals surface area contributed by atoms with Gasteiger partial charge in [-0.3, -0.25) is 4.90 Å². The van der Waals surface area contributed by atoms with Gasteiger partial charge in [0.25, 0.3) is 0 Å². The zero-order valence-corrected chi connectivity index (χ0v) is 14.0. The minimum Gasteiger partial charge on any atom is -0.313 e. The molecule has 1 N–H and O–H groups in total. The minimum atomic E-state index is 0.490. The van der Waals surface area contributed by atoms with Gasteiger partial charge in [0.2, 0.25) is 0 Å². The summed E-state index contributed by atoms with van der Waals surface area (Å²) >= 11 is 2.12. The maximum absolute atomic E-state index is 3.62. The lowest BCUT2D eigenvalue weighted by atomic mass is 10.0. The number of rotatable bonds is 5. The molecule has 1 aromatic carbocycles. The van der Waals surface area contributed by atoms with E-state index >= 15 is 0 Å². The van der Waals surface area contributed by atoms with E-state index in [-0.39, 0.29) is 0 Å². The van der Waals surface area contributed by atoms with Crippen molar-refractivity contribution in [1.29, 1.82) is 0 Å². The van der Waals surface area contributed by atoms with Crippen LogP contribution < -0.4 is 5.32 Å². The third kappa shape index (κ3) is 4.51. The Bertz CT molecular complexity index is 383. The van der Waals surface area contributed by atoms with E-state index in [4.69, 9.17) is 0 Å². The average Bonchev–Trinajstić information content (AvgIpc) is 2.38. The van der Waals surface area contributed by atoms with E-state index in [1.165, 1.54) is 18.7 Å². The highest BCUT2D eigenvalue weighted by Crippen LogP contribution is 2.30. The van der Waals surface area contributed by atoms with Crippen LogP contribution in [-0.2, 0) is 0 Å². The Hall–Kier alpha value is -0.510. The Kier molecular flexibility index (Phi) is 5.94. The minimum absolute atomic E-state index is 0.490. The monoisotopic (exact) mass is 292 g/mol. The lowest BCUT2D eigenvalue weighted by Crippen LogP contribution is -2.46. The molecule has 3 heteroatoms. The SMILES string of the molecule is CC(C)NCC(c1ccccc1)N1CC(C)SC(C)C1. The molecule has 0 spiro atoms. The van der Waals surface area contributed by atoms with Crippen LogP contribution in [-0.4, -0.2) is 41.1 Å². The summed E-state index contributed by atoms with van der Waals surface area (Å²) in [6.45, 7) is 12.6. The molecule has 3 unspecified atom stereocenters. The van der Waals surface area contributed by atoms with Gasteiger partial charge in [-0.25, -0.2) is 0 Å².